The second kappa shape index (κ2) is 18.1. The lowest BCUT2D eigenvalue weighted by Gasteiger charge is -2.21. The summed E-state index contributed by atoms with van der Waals surface area (Å²) in [5.41, 5.74) is 5.02. The van der Waals surface area contributed by atoms with Crippen LogP contribution in [-0.2, 0) is 14.3 Å². The lowest BCUT2D eigenvalue weighted by atomic mass is 9.85. The molecular formula is C21H40N2O4. The van der Waals surface area contributed by atoms with Crippen LogP contribution in [0.25, 0.3) is 0 Å². The van der Waals surface area contributed by atoms with Crippen molar-refractivity contribution in [3.05, 3.63) is 4.91 Å². The second-order valence-corrected chi connectivity index (χ2v) is 7.30. The molecule has 0 heterocycles. The number of nitrogens with two attached hydrogens (primary N) is 1. The molecule has 0 unspecified atom stereocenters. The van der Waals surface area contributed by atoms with Gasteiger partial charge >= 0.3 is 0 Å². The van der Waals surface area contributed by atoms with E-state index < -0.39 is 0 Å². The Hall–Kier alpha value is -1.30. The smallest absolute Gasteiger partial charge is 0.217 e. The minimum Gasteiger partial charge on any atom is -0.378 e. The van der Waals surface area contributed by atoms with Gasteiger partial charge in [0.25, 0.3) is 0 Å². The minimum atomic E-state index is -0.229. The number of rotatable bonds is 8. The Morgan fingerprint density at radius 2 is 1.48 bits per heavy atom. The number of nitrogens with zero attached hydrogens (tertiary/aromatic N) is 1. The molecule has 6 heteroatoms. The third-order valence-electron chi connectivity index (χ3n) is 5.01. The average molecular weight is 385 g/mol. The Morgan fingerprint density at radius 3 is 1.93 bits per heavy atom. The summed E-state index contributed by atoms with van der Waals surface area (Å²) < 4.78 is 5.63. The number of ether oxygens (including phenoxy) is 1. The zero-order valence-corrected chi connectivity index (χ0v) is 17.4. The van der Waals surface area contributed by atoms with Crippen molar-refractivity contribution in [2.45, 2.75) is 103 Å². The molecule has 2 N–H and O–H groups in total. The highest BCUT2D eigenvalue weighted by molar-refractivity contribution is 5.80. The number of carbonyl (C=O) groups excluding carboxylic acids is 2. The molecule has 0 aromatic heterocycles. The number of hydrogen-bond donors (Lipinski definition) is 1. The lowest BCUT2D eigenvalue weighted by Crippen LogP contribution is -2.18. The van der Waals surface area contributed by atoms with Crippen LogP contribution >= 0.6 is 0 Å². The third-order valence-corrected chi connectivity index (χ3v) is 5.01. The van der Waals surface area contributed by atoms with E-state index in [4.69, 9.17) is 15.4 Å². The van der Waals surface area contributed by atoms with Crippen LogP contribution in [-0.4, -0.2) is 30.9 Å². The molecule has 2 rings (SSSR count). The summed E-state index contributed by atoms with van der Waals surface area (Å²) in [7, 11) is 0. The van der Waals surface area contributed by atoms with Crippen LogP contribution in [0.5, 0.6) is 0 Å². The summed E-state index contributed by atoms with van der Waals surface area (Å²) in [6, 6.07) is 0. The Balaban J connectivity index is 0.000000428. The summed E-state index contributed by atoms with van der Waals surface area (Å²) in [6.07, 6.45) is 14.9. The van der Waals surface area contributed by atoms with E-state index in [0.717, 1.165) is 25.7 Å². The van der Waals surface area contributed by atoms with Crippen molar-refractivity contribution in [2.24, 2.45) is 16.8 Å². The van der Waals surface area contributed by atoms with Crippen LogP contribution in [0, 0.1) is 10.8 Å². The fourth-order valence-electron chi connectivity index (χ4n) is 3.44. The fourth-order valence-corrected chi connectivity index (χ4v) is 3.44. The number of Topliss-reactive ketones (excluding diaryl/α,β-unsaturated/α-hetero) is 1. The Morgan fingerprint density at radius 1 is 0.963 bits per heavy atom. The first-order valence-corrected chi connectivity index (χ1v) is 10.8. The van der Waals surface area contributed by atoms with Gasteiger partial charge in [-0.1, -0.05) is 50.6 Å². The number of primary amides is 1. The Labute approximate surface area is 165 Å². The standard InChI is InChI=1S/C10H19NO2.C9H16O.C2H5NO/c11-10(12)7-4-8-13-9-5-2-1-3-6-9;1-2-9(10)8-6-4-3-5-7-8;1-2-3-4/h9H,1-8H2,(H2,11,12);8H,2-7H2,1H3;2H2,1H3. The van der Waals surface area contributed by atoms with Crippen molar-refractivity contribution in [2.75, 3.05) is 13.2 Å². The molecule has 6 nitrogen and oxygen atoms in total. The van der Waals surface area contributed by atoms with Gasteiger partial charge in [0, 0.05) is 25.4 Å². The summed E-state index contributed by atoms with van der Waals surface area (Å²) in [5.74, 6) is 0.686. The van der Waals surface area contributed by atoms with E-state index in [9.17, 15) is 9.59 Å². The molecule has 0 spiro atoms. The van der Waals surface area contributed by atoms with Gasteiger partial charge in [-0.3, -0.25) is 9.59 Å². The van der Waals surface area contributed by atoms with Gasteiger partial charge in [-0.2, -0.15) is 4.91 Å². The molecule has 2 saturated carbocycles. The maximum atomic E-state index is 11.2. The van der Waals surface area contributed by atoms with E-state index in [-0.39, 0.29) is 5.91 Å². The molecule has 1 amide bonds. The first kappa shape index (κ1) is 25.7. The van der Waals surface area contributed by atoms with Gasteiger partial charge in [0.05, 0.1) is 12.6 Å². The highest BCUT2D eigenvalue weighted by atomic mass is 16.5. The van der Waals surface area contributed by atoms with Gasteiger partial charge in [-0.15, -0.1) is 0 Å². The molecule has 0 aliphatic heterocycles. The van der Waals surface area contributed by atoms with Gasteiger partial charge in [-0.25, -0.2) is 0 Å². The number of carbonyl (C=O) groups is 2. The molecule has 0 aromatic carbocycles. The number of nitroso groups, excluding NO2 is 1. The topological polar surface area (TPSA) is 98.8 Å². The number of amides is 1. The molecule has 0 bridgehead atoms. The minimum absolute atomic E-state index is 0.229. The lowest BCUT2D eigenvalue weighted by molar-refractivity contribution is -0.123. The molecule has 0 aromatic rings. The summed E-state index contributed by atoms with van der Waals surface area (Å²) in [5, 5.41) is 2.49. The van der Waals surface area contributed by atoms with Gasteiger partial charge in [0.15, 0.2) is 0 Å². The molecule has 0 saturated heterocycles. The second-order valence-electron chi connectivity index (χ2n) is 7.30. The molecule has 2 aliphatic rings. The number of hydrogen-bond acceptors (Lipinski definition) is 5. The van der Waals surface area contributed by atoms with Crippen molar-refractivity contribution < 1.29 is 14.3 Å². The van der Waals surface area contributed by atoms with Gasteiger partial charge in [0.1, 0.15) is 5.78 Å². The summed E-state index contributed by atoms with van der Waals surface area (Å²) >= 11 is 0. The maximum Gasteiger partial charge on any atom is 0.217 e. The summed E-state index contributed by atoms with van der Waals surface area (Å²) in [6.45, 7) is 4.75. The van der Waals surface area contributed by atoms with Crippen LogP contribution in [0.1, 0.15) is 97.3 Å². The summed E-state index contributed by atoms with van der Waals surface area (Å²) in [4.78, 5) is 30.5. The highest BCUT2D eigenvalue weighted by Gasteiger charge is 2.18. The van der Waals surface area contributed by atoms with E-state index in [0.29, 0.717) is 37.4 Å². The van der Waals surface area contributed by atoms with Crippen LogP contribution in [0.2, 0.25) is 0 Å². The number of ketones is 1. The van der Waals surface area contributed by atoms with Crippen molar-refractivity contribution in [3.8, 4) is 0 Å². The highest BCUT2D eigenvalue weighted by Crippen LogP contribution is 2.24. The van der Waals surface area contributed by atoms with Gasteiger partial charge < -0.3 is 10.5 Å². The molecule has 0 radical (unpaired) electrons. The van der Waals surface area contributed by atoms with E-state index in [1.54, 1.807) is 6.92 Å². The van der Waals surface area contributed by atoms with E-state index in [2.05, 4.69) is 5.18 Å². The largest absolute Gasteiger partial charge is 0.378 e. The maximum absolute atomic E-state index is 11.2. The first-order valence-electron chi connectivity index (χ1n) is 10.8. The quantitative estimate of drug-likeness (QED) is 0.474. The van der Waals surface area contributed by atoms with E-state index >= 15 is 0 Å². The Bertz CT molecular complexity index is 390. The normalized spacial score (nSPS) is 17.7. The zero-order valence-electron chi connectivity index (χ0n) is 17.4. The molecule has 2 aliphatic carbocycles. The van der Waals surface area contributed by atoms with Crippen molar-refractivity contribution in [3.63, 3.8) is 0 Å². The van der Waals surface area contributed by atoms with Crippen LogP contribution in [0.4, 0.5) is 0 Å². The van der Waals surface area contributed by atoms with Crippen LogP contribution in [0.15, 0.2) is 5.18 Å². The molecule has 2 fully saturated rings. The predicted molar refractivity (Wildman–Crippen MR) is 109 cm³/mol. The fraction of sp³-hybridized carbons (Fsp3) is 0.905. The zero-order chi connectivity index (χ0) is 20.3. The molecule has 0 atom stereocenters. The van der Waals surface area contributed by atoms with Crippen LogP contribution < -0.4 is 5.73 Å². The SMILES string of the molecule is CCC(=O)C1CCCCC1.CCN=O.NC(=O)CCCOC1CCCCC1. The van der Waals surface area contributed by atoms with Crippen molar-refractivity contribution in [1.82, 2.24) is 0 Å². The predicted octanol–water partition coefficient (Wildman–Crippen LogP) is 4.92. The van der Waals surface area contributed by atoms with Gasteiger partial charge in [0.2, 0.25) is 5.91 Å². The van der Waals surface area contributed by atoms with Crippen molar-refractivity contribution in [1.29, 1.82) is 0 Å². The van der Waals surface area contributed by atoms with Crippen molar-refractivity contribution >= 4 is 11.7 Å². The van der Waals surface area contributed by atoms with Crippen LogP contribution in [0.3, 0.4) is 0 Å². The van der Waals surface area contributed by atoms with E-state index in [1.165, 1.54) is 51.4 Å². The first-order chi connectivity index (χ1) is 13.0. The molecular weight excluding hydrogens is 344 g/mol. The Kier molecular flexibility index (Phi) is 17.2. The van der Waals surface area contributed by atoms with Gasteiger partial charge in [-0.05, 0) is 39.0 Å². The monoisotopic (exact) mass is 384 g/mol. The third kappa shape index (κ3) is 15.5. The molecule has 27 heavy (non-hydrogen) atoms. The molecule has 158 valence electrons. The average Bonchev–Trinajstić information content (AvgIpc) is 2.72. The van der Waals surface area contributed by atoms with E-state index in [1.807, 2.05) is 6.92 Å².